The number of hydrogen-bond acceptors (Lipinski definition) is 1. The molecule has 0 rings (SSSR count). The Morgan fingerprint density at radius 2 is 2.20 bits per heavy atom. The van der Waals surface area contributed by atoms with E-state index >= 15 is 0 Å². The fourth-order valence-electron chi connectivity index (χ4n) is 0.472. The molecule has 0 saturated heterocycles. The zero-order valence-corrected chi connectivity index (χ0v) is 7.45. The van der Waals surface area contributed by atoms with E-state index in [0.29, 0.717) is 0 Å². The van der Waals surface area contributed by atoms with Gasteiger partial charge in [0.25, 0.3) is 0 Å². The second-order valence-corrected chi connectivity index (χ2v) is 2.90. The van der Waals surface area contributed by atoms with Crippen LogP contribution in [0.15, 0.2) is 35.8 Å². The Morgan fingerprint density at radius 1 is 1.50 bits per heavy atom. The summed E-state index contributed by atoms with van der Waals surface area (Å²) in [6.45, 7) is 5.82. The lowest BCUT2D eigenvalue weighted by molar-refractivity contribution is 1.23. The highest BCUT2D eigenvalue weighted by molar-refractivity contribution is 8.01. The molecule has 10 heavy (non-hydrogen) atoms. The molecule has 0 aliphatic heterocycles. The summed E-state index contributed by atoms with van der Waals surface area (Å²) < 4.78 is 0. The minimum absolute atomic E-state index is 0.985. The van der Waals surface area contributed by atoms with Gasteiger partial charge in [-0.3, -0.25) is 0 Å². The van der Waals surface area contributed by atoms with E-state index < -0.39 is 0 Å². The molecule has 0 bridgehead atoms. The lowest BCUT2D eigenvalue weighted by Gasteiger charge is -1.85. The van der Waals surface area contributed by atoms with E-state index in [1.165, 1.54) is 5.57 Å². The third kappa shape index (κ3) is 7.57. The largest absolute Gasteiger partial charge is 0.138 e. The van der Waals surface area contributed by atoms with E-state index in [4.69, 9.17) is 0 Å². The SMILES string of the molecule is C=C(C)C/C=C/C=C\SC. The van der Waals surface area contributed by atoms with Crippen molar-refractivity contribution in [3.05, 3.63) is 35.8 Å². The Balaban J connectivity index is 3.37. The van der Waals surface area contributed by atoms with Gasteiger partial charge in [0.1, 0.15) is 0 Å². The van der Waals surface area contributed by atoms with Gasteiger partial charge in [-0.2, -0.15) is 0 Å². The van der Waals surface area contributed by atoms with Gasteiger partial charge in [0.15, 0.2) is 0 Å². The summed E-state index contributed by atoms with van der Waals surface area (Å²) in [5, 5.41) is 2.05. The Morgan fingerprint density at radius 3 is 2.70 bits per heavy atom. The van der Waals surface area contributed by atoms with Crippen molar-refractivity contribution in [2.24, 2.45) is 0 Å². The molecule has 0 aromatic carbocycles. The maximum Gasteiger partial charge on any atom is -0.0141 e. The second kappa shape index (κ2) is 6.69. The molecule has 0 heterocycles. The molecule has 56 valence electrons. The van der Waals surface area contributed by atoms with Gasteiger partial charge in [0.2, 0.25) is 0 Å². The summed E-state index contributed by atoms with van der Waals surface area (Å²) in [6, 6.07) is 0. The van der Waals surface area contributed by atoms with Crippen LogP contribution in [0.4, 0.5) is 0 Å². The van der Waals surface area contributed by atoms with E-state index in [2.05, 4.69) is 18.1 Å². The summed E-state index contributed by atoms with van der Waals surface area (Å²) in [7, 11) is 0. The molecule has 1 heteroatoms. The van der Waals surface area contributed by atoms with Crippen LogP contribution in [0, 0.1) is 0 Å². The lowest BCUT2D eigenvalue weighted by Crippen LogP contribution is -1.64. The highest BCUT2D eigenvalue weighted by Gasteiger charge is 1.75. The molecule has 0 aromatic heterocycles. The summed E-state index contributed by atoms with van der Waals surface area (Å²) >= 11 is 1.71. The van der Waals surface area contributed by atoms with E-state index in [0.717, 1.165) is 6.42 Å². The van der Waals surface area contributed by atoms with Gasteiger partial charge in [0, 0.05) is 0 Å². The molecule has 0 atom stereocenters. The van der Waals surface area contributed by atoms with E-state index in [1.54, 1.807) is 11.8 Å². The third-order valence-corrected chi connectivity index (χ3v) is 1.36. The van der Waals surface area contributed by atoms with Crippen LogP contribution in [-0.4, -0.2) is 6.26 Å². The van der Waals surface area contributed by atoms with E-state index in [1.807, 2.05) is 25.3 Å². The topological polar surface area (TPSA) is 0 Å². The average Bonchev–Trinajstić information content (AvgIpc) is 1.87. The molecule has 0 N–H and O–H groups in total. The lowest BCUT2D eigenvalue weighted by atomic mass is 10.2. The maximum atomic E-state index is 3.79. The molecule has 0 nitrogen and oxygen atoms in total. The molecular formula is C9H14S. The second-order valence-electron chi connectivity index (χ2n) is 2.15. The molecule has 0 aromatic rings. The first-order chi connectivity index (χ1) is 4.77. The van der Waals surface area contributed by atoms with Crippen LogP contribution < -0.4 is 0 Å². The minimum Gasteiger partial charge on any atom is -0.138 e. The van der Waals surface area contributed by atoms with Crippen LogP contribution in [0.5, 0.6) is 0 Å². The number of allylic oxidation sites excluding steroid dienone is 4. The highest BCUT2D eigenvalue weighted by atomic mass is 32.2. The van der Waals surface area contributed by atoms with Crippen LogP contribution in [0.25, 0.3) is 0 Å². The van der Waals surface area contributed by atoms with Gasteiger partial charge >= 0.3 is 0 Å². The molecule has 0 saturated carbocycles. The Bertz CT molecular complexity index is 143. The minimum atomic E-state index is 0.985. The molecule has 0 fully saturated rings. The molecule has 0 radical (unpaired) electrons. The summed E-state index contributed by atoms with van der Waals surface area (Å²) in [4.78, 5) is 0. The standard InChI is InChI=1S/C9H14S/c1-9(2)7-5-4-6-8-10-3/h4-6,8H,1,7H2,2-3H3/b5-4+,8-6-. The summed E-state index contributed by atoms with van der Waals surface area (Å²) in [6.07, 6.45) is 9.22. The van der Waals surface area contributed by atoms with Gasteiger partial charge in [0.05, 0.1) is 0 Å². The van der Waals surface area contributed by atoms with Crippen LogP contribution in [0.1, 0.15) is 13.3 Å². The quantitative estimate of drug-likeness (QED) is 0.442. The summed E-state index contributed by atoms with van der Waals surface area (Å²) in [5.41, 5.74) is 1.20. The monoisotopic (exact) mass is 154 g/mol. The zero-order chi connectivity index (χ0) is 7.82. The first-order valence-electron chi connectivity index (χ1n) is 3.26. The van der Waals surface area contributed by atoms with Gasteiger partial charge in [-0.1, -0.05) is 30.4 Å². The molecule has 0 aliphatic carbocycles. The fourth-order valence-corrected chi connectivity index (χ4v) is 0.720. The molecule has 0 spiro atoms. The van der Waals surface area contributed by atoms with E-state index in [9.17, 15) is 0 Å². The van der Waals surface area contributed by atoms with Crippen LogP contribution in [0.2, 0.25) is 0 Å². The summed E-state index contributed by atoms with van der Waals surface area (Å²) in [5.74, 6) is 0. The van der Waals surface area contributed by atoms with Crippen molar-refractivity contribution >= 4 is 11.8 Å². The predicted octanol–water partition coefficient (Wildman–Crippen LogP) is 3.39. The van der Waals surface area contributed by atoms with Gasteiger partial charge in [-0.25, -0.2) is 0 Å². The van der Waals surface area contributed by atoms with Crippen molar-refractivity contribution in [2.75, 3.05) is 6.26 Å². The number of thioether (sulfide) groups is 1. The van der Waals surface area contributed by atoms with Crippen molar-refractivity contribution in [2.45, 2.75) is 13.3 Å². The van der Waals surface area contributed by atoms with Crippen LogP contribution in [-0.2, 0) is 0 Å². The predicted molar refractivity (Wildman–Crippen MR) is 51.2 cm³/mol. The number of rotatable bonds is 4. The Hall–Kier alpha value is -0.430. The first-order valence-corrected chi connectivity index (χ1v) is 4.55. The van der Waals surface area contributed by atoms with E-state index in [-0.39, 0.29) is 0 Å². The Kier molecular flexibility index (Phi) is 6.40. The van der Waals surface area contributed by atoms with Crippen LogP contribution in [0.3, 0.4) is 0 Å². The van der Waals surface area contributed by atoms with Gasteiger partial charge < -0.3 is 0 Å². The van der Waals surface area contributed by atoms with Crippen molar-refractivity contribution in [3.8, 4) is 0 Å². The average molecular weight is 154 g/mol. The van der Waals surface area contributed by atoms with Gasteiger partial charge in [-0.15, -0.1) is 11.8 Å². The maximum absolute atomic E-state index is 3.79. The third-order valence-electron chi connectivity index (χ3n) is 0.928. The molecular weight excluding hydrogens is 140 g/mol. The normalized spacial score (nSPS) is 11.4. The first kappa shape index (κ1) is 9.57. The molecule has 0 unspecified atom stereocenters. The van der Waals surface area contributed by atoms with Crippen molar-refractivity contribution in [1.82, 2.24) is 0 Å². The Labute approximate surface area is 67.7 Å². The molecule has 0 aliphatic rings. The van der Waals surface area contributed by atoms with Crippen molar-refractivity contribution in [1.29, 1.82) is 0 Å². The van der Waals surface area contributed by atoms with Crippen LogP contribution >= 0.6 is 11.8 Å². The van der Waals surface area contributed by atoms with Gasteiger partial charge in [-0.05, 0) is 25.0 Å². The fraction of sp³-hybridized carbons (Fsp3) is 0.333. The van der Waals surface area contributed by atoms with Crippen molar-refractivity contribution < 1.29 is 0 Å². The number of hydrogen-bond donors (Lipinski definition) is 0. The van der Waals surface area contributed by atoms with Crippen molar-refractivity contribution in [3.63, 3.8) is 0 Å². The zero-order valence-electron chi connectivity index (χ0n) is 6.63. The smallest absolute Gasteiger partial charge is 0.0141 e. The molecule has 0 amide bonds. The highest BCUT2D eigenvalue weighted by Crippen LogP contribution is 1.97.